The Bertz CT molecular complexity index is 543. The van der Waals surface area contributed by atoms with Gasteiger partial charge in [0.1, 0.15) is 0 Å². The number of nitrogens with zero attached hydrogens (tertiary/aromatic N) is 1. The second-order valence-electron chi connectivity index (χ2n) is 4.36. The van der Waals surface area contributed by atoms with Crippen molar-refractivity contribution in [1.82, 2.24) is 9.88 Å². The summed E-state index contributed by atoms with van der Waals surface area (Å²) >= 11 is 0. The van der Waals surface area contributed by atoms with Gasteiger partial charge in [0.2, 0.25) is 5.91 Å². The first kappa shape index (κ1) is 15.3. The van der Waals surface area contributed by atoms with Gasteiger partial charge in [-0.2, -0.15) is 0 Å². The lowest BCUT2D eigenvalue weighted by atomic mass is 10.1. The molecule has 1 heterocycles. The van der Waals surface area contributed by atoms with Crippen LogP contribution in [0.1, 0.15) is 39.0 Å². The quantitative estimate of drug-likeness (QED) is 0.896. The van der Waals surface area contributed by atoms with Crippen molar-refractivity contribution in [3.05, 3.63) is 35.5 Å². The van der Waals surface area contributed by atoms with Crippen molar-refractivity contribution in [3.63, 3.8) is 0 Å². The highest BCUT2D eigenvalue weighted by Gasteiger charge is 2.12. The minimum atomic E-state index is 0.0886. The average molecular weight is 260 g/mol. The van der Waals surface area contributed by atoms with E-state index < -0.39 is 0 Å². The lowest BCUT2D eigenvalue weighted by Gasteiger charge is -2.14. The van der Waals surface area contributed by atoms with Crippen LogP contribution in [0.3, 0.4) is 0 Å². The predicted octanol–water partition coefficient (Wildman–Crippen LogP) is 3.73. The number of carbonyl (C=O) groups is 1. The summed E-state index contributed by atoms with van der Waals surface area (Å²) in [6.07, 6.45) is 0.977. The molecular formula is C16H24N2O. The fraction of sp³-hybridized carbons (Fsp3) is 0.438. The van der Waals surface area contributed by atoms with Crippen LogP contribution in [0.25, 0.3) is 10.9 Å². The summed E-state index contributed by atoms with van der Waals surface area (Å²) in [4.78, 5) is 16.4. The summed E-state index contributed by atoms with van der Waals surface area (Å²) in [6.45, 7) is 8.38. The zero-order valence-electron chi connectivity index (χ0n) is 12.6. The van der Waals surface area contributed by atoms with Crippen LogP contribution < -0.4 is 0 Å². The number of carbonyl (C=O) groups excluding carboxylic acids is 1. The number of aromatic amines is 1. The van der Waals surface area contributed by atoms with Crippen LogP contribution in [-0.2, 0) is 17.8 Å². The maximum Gasteiger partial charge on any atom is 0.219 e. The highest BCUT2D eigenvalue weighted by molar-refractivity contribution is 5.84. The number of hydrogen-bond acceptors (Lipinski definition) is 1. The Morgan fingerprint density at radius 2 is 1.89 bits per heavy atom. The van der Waals surface area contributed by atoms with E-state index in [9.17, 15) is 4.79 Å². The van der Waals surface area contributed by atoms with E-state index >= 15 is 0 Å². The van der Waals surface area contributed by atoms with Gasteiger partial charge in [0, 0.05) is 30.6 Å². The van der Waals surface area contributed by atoms with E-state index in [0.29, 0.717) is 6.54 Å². The standard InChI is InChI=1S/C14H18N2O.C2H6/c1-4-11-12-7-5-6-8-13(12)15-14(11)9-16(3)10(2)17;1-2/h5-8,15H,4,9H2,1-3H3;1-2H3. The minimum absolute atomic E-state index is 0.0886. The van der Waals surface area contributed by atoms with Crippen LogP contribution in [0.2, 0.25) is 0 Å². The van der Waals surface area contributed by atoms with Crippen LogP contribution in [0, 0.1) is 0 Å². The van der Waals surface area contributed by atoms with Crippen LogP contribution in [-0.4, -0.2) is 22.8 Å². The van der Waals surface area contributed by atoms with Crippen molar-refractivity contribution in [2.75, 3.05) is 7.05 Å². The molecule has 0 unspecified atom stereocenters. The molecule has 0 bridgehead atoms. The fourth-order valence-corrected chi connectivity index (χ4v) is 2.14. The van der Waals surface area contributed by atoms with Crippen molar-refractivity contribution in [3.8, 4) is 0 Å². The number of para-hydroxylation sites is 1. The molecule has 2 rings (SSSR count). The number of hydrogen-bond donors (Lipinski definition) is 1. The second-order valence-corrected chi connectivity index (χ2v) is 4.36. The Kier molecular flexibility index (Phi) is 5.61. The molecule has 0 aliphatic heterocycles. The van der Waals surface area contributed by atoms with Crippen LogP contribution in [0.4, 0.5) is 0 Å². The number of aromatic nitrogens is 1. The highest BCUT2D eigenvalue weighted by atomic mass is 16.2. The smallest absolute Gasteiger partial charge is 0.219 e. The number of fused-ring (bicyclic) bond motifs is 1. The molecule has 0 fully saturated rings. The average Bonchev–Trinajstić information content (AvgIpc) is 2.77. The number of rotatable bonds is 3. The molecule has 2 aromatic rings. The van der Waals surface area contributed by atoms with Gasteiger partial charge in [-0.05, 0) is 18.1 Å². The lowest BCUT2D eigenvalue weighted by Crippen LogP contribution is -2.23. The molecule has 0 saturated heterocycles. The molecule has 0 aliphatic carbocycles. The van der Waals surface area contributed by atoms with Crippen molar-refractivity contribution in [2.24, 2.45) is 0 Å². The molecule has 0 radical (unpaired) electrons. The van der Waals surface area contributed by atoms with E-state index in [1.807, 2.05) is 33.0 Å². The summed E-state index contributed by atoms with van der Waals surface area (Å²) in [6, 6.07) is 8.28. The van der Waals surface area contributed by atoms with Gasteiger partial charge in [-0.3, -0.25) is 4.79 Å². The number of benzene rings is 1. The summed E-state index contributed by atoms with van der Waals surface area (Å²) < 4.78 is 0. The zero-order chi connectivity index (χ0) is 14.4. The van der Waals surface area contributed by atoms with E-state index in [1.165, 1.54) is 10.9 Å². The third-order valence-electron chi connectivity index (χ3n) is 3.19. The van der Waals surface area contributed by atoms with Crippen LogP contribution in [0.15, 0.2) is 24.3 Å². The Hall–Kier alpha value is -1.77. The van der Waals surface area contributed by atoms with Gasteiger partial charge in [0.25, 0.3) is 0 Å². The van der Waals surface area contributed by atoms with E-state index in [4.69, 9.17) is 0 Å². The topological polar surface area (TPSA) is 36.1 Å². The molecule has 1 aromatic carbocycles. The number of nitrogens with one attached hydrogen (secondary N) is 1. The molecule has 104 valence electrons. The van der Waals surface area contributed by atoms with Gasteiger partial charge in [-0.1, -0.05) is 39.0 Å². The Labute approximate surface area is 115 Å². The molecule has 0 spiro atoms. The molecular weight excluding hydrogens is 236 g/mol. The molecule has 1 aromatic heterocycles. The number of H-pyrrole nitrogens is 1. The highest BCUT2D eigenvalue weighted by Crippen LogP contribution is 2.23. The SMILES string of the molecule is CC.CCc1c(CN(C)C(C)=O)[nH]c2ccccc12. The molecule has 1 N–H and O–H groups in total. The van der Waals surface area contributed by atoms with Gasteiger partial charge in [0.15, 0.2) is 0 Å². The van der Waals surface area contributed by atoms with Crippen molar-refractivity contribution >= 4 is 16.8 Å². The molecule has 0 saturated carbocycles. The summed E-state index contributed by atoms with van der Waals surface area (Å²) in [5, 5.41) is 1.27. The predicted molar refractivity (Wildman–Crippen MR) is 81.2 cm³/mol. The first-order valence-corrected chi connectivity index (χ1v) is 6.93. The molecule has 3 heteroatoms. The molecule has 0 aliphatic rings. The zero-order valence-corrected chi connectivity index (χ0v) is 12.6. The lowest BCUT2D eigenvalue weighted by molar-refractivity contribution is -0.128. The Morgan fingerprint density at radius 1 is 1.26 bits per heavy atom. The Morgan fingerprint density at radius 3 is 2.47 bits per heavy atom. The van der Waals surface area contributed by atoms with Gasteiger partial charge < -0.3 is 9.88 Å². The Balaban J connectivity index is 0.000000861. The molecule has 1 amide bonds. The number of aryl methyl sites for hydroxylation is 1. The molecule has 19 heavy (non-hydrogen) atoms. The summed E-state index contributed by atoms with van der Waals surface area (Å²) in [5.74, 6) is 0.0886. The van der Waals surface area contributed by atoms with Gasteiger partial charge in [-0.15, -0.1) is 0 Å². The summed E-state index contributed by atoms with van der Waals surface area (Å²) in [7, 11) is 1.83. The van der Waals surface area contributed by atoms with E-state index in [2.05, 4.69) is 24.0 Å². The van der Waals surface area contributed by atoms with Crippen molar-refractivity contribution in [2.45, 2.75) is 40.7 Å². The van der Waals surface area contributed by atoms with Crippen LogP contribution >= 0.6 is 0 Å². The van der Waals surface area contributed by atoms with Crippen molar-refractivity contribution in [1.29, 1.82) is 0 Å². The van der Waals surface area contributed by atoms with Crippen LogP contribution in [0.5, 0.6) is 0 Å². The second kappa shape index (κ2) is 6.98. The fourth-order valence-electron chi connectivity index (χ4n) is 2.14. The largest absolute Gasteiger partial charge is 0.357 e. The molecule has 0 atom stereocenters. The van der Waals surface area contributed by atoms with E-state index in [-0.39, 0.29) is 5.91 Å². The maximum atomic E-state index is 11.3. The normalized spacial score (nSPS) is 9.95. The maximum absolute atomic E-state index is 11.3. The first-order valence-electron chi connectivity index (χ1n) is 6.93. The van der Waals surface area contributed by atoms with E-state index in [1.54, 1.807) is 11.8 Å². The van der Waals surface area contributed by atoms with Crippen molar-refractivity contribution < 1.29 is 4.79 Å². The van der Waals surface area contributed by atoms with Gasteiger partial charge >= 0.3 is 0 Å². The first-order chi connectivity index (χ1) is 9.13. The monoisotopic (exact) mass is 260 g/mol. The third kappa shape index (κ3) is 3.37. The number of amides is 1. The van der Waals surface area contributed by atoms with Gasteiger partial charge in [-0.25, -0.2) is 0 Å². The third-order valence-corrected chi connectivity index (χ3v) is 3.19. The summed E-state index contributed by atoms with van der Waals surface area (Å²) in [5.41, 5.74) is 3.61. The minimum Gasteiger partial charge on any atom is -0.357 e. The molecule has 3 nitrogen and oxygen atoms in total. The van der Waals surface area contributed by atoms with Gasteiger partial charge in [0.05, 0.1) is 6.54 Å². The van der Waals surface area contributed by atoms with E-state index in [0.717, 1.165) is 17.6 Å².